The predicted molar refractivity (Wildman–Crippen MR) is 75.2 cm³/mol. The molecule has 1 aliphatic rings. The monoisotopic (exact) mass is 276 g/mol. The van der Waals surface area contributed by atoms with Gasteiger partial charge < -0.3 is 15.4 Å². The number of nitrogens with one attached hydrogen (secondary N) is 2. The predicted octanol–water partition coefficient (Wildman–Crippen LogP) is 1.23. The fourth-order valence-electron chi connectivity index (χ4n) is 2.09. The van der Waals surface area contributed by atoms with Crippen LogP contribution in [0.5, 0.6) is 5.75 Å². The molecule has 108 valence electrons. The molecule has 1 saturated carbocycles. The third-order valence-electron chi connectivity index (χ3n) is 3.57. The van der Waals surface area contributed by atoms with Crippen LogP contribution in [0.25, 0.3) is 0 Å². The summed E-state index contributed by atoms with van der Waals surface area (Å²) in [5.74, 6) is 0.649. The first-order chi connectivity index (χ1) is 9.70. The summed E-state index contributed by atoms with van der Waals surface area (Å²) < 4.78 is 5.21. The number of para-hydroxylation sites is 1. The maximum atomic E-state index is 11.7. The van der Waals surface area contributed by atoms with Gasteiger partial charge in [0.1, 0.15) is 5.75 Å². The number of hydrogen-bond donors (Lipinski definition) is 2. The molecule has 0 unspecified atom stereocenters. The summed E-state index contributed by atoms with van der Waals surface area (Å²) in [4.78, 5) is 23.3. The van der Waals surface area contributed by atoms with E-state index in [1.54, 1.807) is 7.11 Å². The number of rotatable bonds is 6. The van der Waals surface area contributed by atoms with E-state index in [1.807, 2.05) is 24.3 Å². The summed E-state index contributed by atoms with van der Waals surface area (Å²) in [5, 5.41) is 5.44. The van der Waals surface area contributed by atoms with Crippen LogP contribution in [-0.4, -0.2) is 25.5 Å². The molecule has 2 rings (SSSR count). The van der Waals surface area contributed by atoms with Crippen LogP contribution in [0, 0.1) is 5.92 Å². The maximum Gasteiger partial charge on any atom is 0.239 e. The van der Waals surface area contributed by atoms with Crippen LogP contribution in [0.1, 0.15) is 24.8 Å². The Morgan fingerprint density at radius 2 is 2.00 bits per heavy atom. The number of benzene rings is 1. The zero-order valence-electron chi connectivity index (χ0n) is 11.6. The second kappa shape index (κ2) is 6.93. The van der Waals surface area contributed by atoms with E-state index in [-0.39, 0.29) is 24.3 Å². The summed E-state index contributed by atoms with van der Waals surface area (Å²) in [6, 6.07) is 7.51. The second-order valence-corrected chi connectivity index (χ2v) is 4.93. The number of methoxy groups -OCH3 is 1. The van der Waals surface area contributed by atoms with Crippen molar-refractivity contribution in [2.75, 3.05) is 13.7 Å². The first-order valence-electron chi connectivity index (χ1n) is 6.87. The summed E-state index contributed by atoms with van der Waals surface area (Å²) in [7, 11) is 1.60. The molecule has 2 N–H and O–H groups in total. The van der Waals surface area contributed by atoms with Gasteiger partial charge in [0.25, 0.3) is 0 Å². The molecule has 1 fully saturated rings. The SMILES string of the molecule is COc1ccccc1CNC(=O)CNC(=O)C1CCC1. The van der Waals surface area contributed by atoms with Gasteiger partial charge in [0, 0.05) is 18.0 Å². The lowest BCUT2D eigenvalue weighted by atomic mass is 9.85. The molecular weight excluding hydrogens is 256 g/mol. The maximum absolute atomic E-state index is 11.7. The van der Waals surface area contributed by atoms with Crippen LogP contribution in [0.3, 0.4) is 0 Å². The van der Waals surface area contributed by atoms with Gasteiger partial charge in [0.05, 0.1) is 13.7 Å². The zero-order chi connectivity index (χ0) is 14.4. The third kappa shape index (κ3) is 3.73. The average molecular weight is 276 g/mol. The Morgan fingerprint density at radius 3 is 2.65 bits per heavy atom. The Kier molecular flexibility index (Phi) is 4.98. The molecule has 2 amide bonds. The normalized spacial score (nSPS) is 14.2. The van der Waals surface area contributed by atoms with Crippen molar-refractivity contribution in [3.8, 4) is 5.75 Å². The van der Waals surface area contributed by atoms with Gasteiger partial charge in [0.2, 0.25) is 11.8 Å². The Morgan fingerprint density at radius 1 is 1.25 bits per heavy atom. The lowest BCUT2D eigenvalue weighted by molar-refractivity contribution is -0.130. The number of carbonyl (C=O) groups is 2. The minimum atomic E-state index is -0.191. The van der Waals surface area contributed by atoms with E-state index in [1.165, 1.54) is 0 Å². The molecule has 5 heteroatoms. The highest BCUT2D eigenvalue weighted by atomic mass is 16.5. The molecule has 0 bridgehead atoms. The van der Waals surface area contributed by atoms with E-state index < -0.39 is 0 Å². The van der Waals surface area contributed by atoms with E-state index in [0.717, 1.165) is 30.6 Å². The minimum absolute atomic E-state index is 0.0105. The van der Waals surface area contributed by atoms with Crippen LogP contribution in [-0.2, 0) is 16.1 Å². The zero-order valence-corrected chi connectivity index (χ0v) is 11.6. The Bertz CT molecular complexity index is 484. The van der Waals surface area contributed by atoms with Gasteiger partial charge in [-0.15, -0.1) is 0 Å². The molecule has 20 heavy (non-hydrogen) atoms. The largest absolute Gasteiger partial charge is 0.496 e. The van der Waals surface area contributed by atoms with Gasteiger partial charge in [-0.2, -0.15) is 0 Å². The van der Waals surface area contributed by atoms with Crippen molar-refractivity contribution in [1.82, 2.24) is 10.6 Å². The van der Waals surface area contributed by atoms with Crippen LogP contribution < -0.4 is 15.4 Å². The topological polar surface area (TPSA) is 67.4 Å². The quantitative estimate of drug-likeness (QED) is 0.821. The molecule has 0 saturated heterocycles. The molecule has 0 aromatic heterocycles. The molecule has 1 aromatic rings. The standard InChI is InChI=1S/C15H20N2O3/c1-20-13-8-3-2-5-12(13)9-16-14(18)10-17-15(19)11-6-4-7-11/h2-3,5,8,11H,4,6-7,9-10H2,1H3,(H,16,18)(H,17,19). The molecule has 0 aliphatic heterocycles. The Hall–Kier alpha value is -2.04. The molecule has 0 atom stereocenters. The van der Waals surface area contributed by atoms with Crippen molar-refractivity contribution >= 4 is 11.8 Å². The van der Waals surface area contributed by atoms with E-state index in [2.05, 4.69) is 10.6 Å². The highest BCUT2D eigenvalue weighted by Crippen LogP contribution is 2.25. The molecule has 1 aliphatic carbocycles. The Balaban J connectivity index is 1.73. The van der Waals surface area contributed by atoms with Crippen molar-refractivity contribution < 1.29 is 14.3 Å². The molecule has 0 heterocycles. The molecular formula is C15H20N2O3. The van der Waals surface area contributed by atoms with Crippen LogP contribution in [0.4, 0.5) is 0 Å². The lowest BCUT2D eigenvalue weighted by Crippen LogP contribution is -2.41. The van der Waals surface area contributed by atoms with Gasteiger partial charge in [0.15, 0.2) is 0 Å². The van der Waals surface area contributed by atoms with Gasteiger partial charge >= 0.3 is 0 Å². The molecule has 1 aromatic carbocycles. The number of amides is 2. The summed E-state index contributed by atoms with van der Waals surface area (Å²) in [5.41, 5.74) is 0.911. The first kappa shape index (κ1) is 14.4. The van der Waals surface area contributed by atoms with Crippen molar-refractivity contribution in [1.29, 1.82) is 0 Å². The summed E-state index contributed by atoms with van der Waals surface area (Å²) in [6.45, 7) is 0.423. The summed E-state index contributed by atoms with van der Waals surface area (Å²) in [6.07, 6.45) is 2.99. The van der Waals surface area contributed by atoms with E-state index in [4.69, 9.17) is 4.74 Å². The minimum Gasteiger partial charge on any atom is -0.496 e. The smallest absolute Gasteiger partial charge is 0.239 e. The van der Waals surface area contributed by atoms with Gasteiger partial charge in [-0.3, -0.25) is 9.59 Å². The van der Waals surface area contributed by atoms with Gasteiger partial charge in [-0.1, -0.05) is 24.6 Å². The lowest BCUT2D eigenvalue weighted by Gasteiger charge is -2.23. The van der Waals surface area contributed by atoms with E-state index in [9.17, 15) is 9.59 Å². The van der Waals surface area contributed by atoms with Crippen molar-refractivity contribution in [3.63, 3.8) is 0 Å². The van der Waals surface area contributed by atoms with Gasteiger partial charge in [-0.05, 0) is 18.9 Å². The molecule has 0 radical (unpaired) electrons. The first-order valence-corrected chi connectivity index (χ1v) is 6.87. The van der Waals surface area contributed by atoms with Gasteiger partial charge in [-0.25, -0.2) is 0 Å². The van der Waals surface area contributed by atoms with Crippen LogP contribution in [0.15, 0.2) is 24.3 Å². The molecule has 0 spiro atoms. The van der Waals surface area contributed by atoms with Crippen molar-refractivity contribution in [3.05, 3.63) is 29.8 Å². The molecule has 5 nitrogen and oxygen atoms in total. The highest BCUT2D eigenvalue weighted by molar-refractivity contribution is 5.86. The third-order valence-corrected chi connectivity index (χ3v) is 3.57. The van der Waals surface area contributed by atoms with Crippen molar-refractivity contribution in [2.24, 2.45) is 5.92 Å². The van der Waals surface area contributed by atoms with Crippen LogP contribution >= 0.6 is 0 Å². The fourth-order valence-corrected chi connectivity index (χ4v) is 2.09. The van der Waals surface area contributed by atoms with E-state index in [0.29, 0.717) is 6.54 Å². The van der Waals surface area contributed by atoms with Crippen LogP contribution in [0.2, 0.25) is 0 Å². The van der Waals surface area contributed by atoms with E-state index >= 15 is 0 Å². The second-order valence-electron chi connectivity index (χ2n) is 4.93. The summed E-state index contributed by atoms with van der Waals surface area (Å²) >= 11 is 0. The number of carbonyl (C=O) groups excluding carboxylic acids is 2. The number of ether oxygens (including phenoxy) is 1. The fraction of sp³-hybridized carbons (Fsp3) is 0.467. The number of hydrogen-bond acceptors (Lipinski definition) is 3. The van der Waals surface area contributed by atoms with Crippen molar-refractivity contribution in [2.45, 2.75) is 25.8 Å². The highest BCUT2D eigenvalue weighted by Gasteiger charge is 2.25. The average Bonchev–Trinajstić information content (AvgIpc) is 2.41. The Labute approximate surface area is 118 Å².